The van der Waals surface area contributed by atoms with Gasteiger partial charge in [0.2, 0.25) is 5.71 Å². The highest BCUT2D eigenvalue weighted by molar-refractivity contribution is 6.44. The van der Waals surface area contributed by atoms with E-state index < -0.39 is 27.5 Å². The average Bonchev–Trinajstić information content (AvgIpc) is 2.73. The van der Waals surface area contributed by atoms with E-state index >= 15 is 0 Å². The third-order valence-electron chi connectivity index (χ3n) is 4.73. The summed E-state index contributed by atoms with van der Waals surface area (Å²) in [7, 11) is 0. The van der Waals surface area contributed by atoms with E-state index in [2.05, 4.69) is 20.4 Å². The molecule has 3 aromatic rings. The quantitative estimate of drug-likeness (QED) is 0.262. The third-order valence-corrected chi connectivity index (χ3v) is 4.73. The van der Waals surface area contributed by atoms with Gasteiger partial charge in [0.15, 0.2) is 0 Å². The minimum absolute atomic E-state index is 0.0601. The van der Waals surface area contributed by atoms with Crippen molar-refractivity contribution in [1.29, 1.82) is 0 Å². The molecule has 31 heavy (non-hydrogen) atoms. The van der Waals surface area contributed by atoms with E-state index in [1.54, 1.807) is 19.1 Å². The fourth-order valence-electron chi connectivity index (χ4n) is 2.93. The Bertz CT molecular complexity index is 1240. The number of aromatic nitrogens is 2. The maximum atomic E-state index is 12.8. The number of nitro groups is 2. The van der Waals surface area contributed by atoms with Crippen LogP contribution in [0.4, 0.5) is 11.4 Å². The van der Waals surface area contributed by atoms with Crippen LogP contribution in [0, 0.1) is 34.1 Å². The molecular formula is C19H17N7O5. The van der Waals surface area contributed by atoms with Crippen molar-refractivity contribution in [2.45, 2.75) is 19.9 Å². The number of nitrogens with zero attached hydrogens (tertiary/aromatic N) is 5. The Kier molecular flexibility index (Phi) is 5.81. The van der Waals surface area contributed by atoms with E-state index in [9.17, 15) is 25.0 Å². The van der Waals surface area contributed by atoms with Crippen LogP contribution < -0.4 is 11.2 Å². The lowest BCUT2D eigenvalue weighted by Gasteiger charge is -2.14. The van der Waals surface area contributed by atoms with E-state index in [0.717, 1.165) is 23.4 Å². The zero-order valence-corrected chi connectivity index (χ0v) is 16.5. The first kappa shape index (κ1) is 21.2. The molecule has 0 bridgehead atoms. The molecule has 3 N–H and O–H groups in total. The first-order valence-electron chi connectivity index (χ1n) is 8.93. The minimum atomic E-state index is -1.83. The molecule has 0 radical (unpaired) electrons. The number of fused-ring (bicyclic) bond motifs is 1. The van der Waals surface area contributed by atoms with E-state index in [1.807, 2.05) is 13.0 Å². The van der Waals surface area contributed by atoms with Gasteiger partial charge in [0.25, 0.3) is 11.6 Å². The summed E-state index contributed by atoms with van der Waals surface area (Å²) >= 11 is 0. The summed E-state index contributed by atoms with van der Waals surface area (Å²) < 4.78 is 0. The lowest BCUT2D eigenvalue weighted by molar-refractivity contribution is -0.509. The molecule has 0 saturated carbocycles. The molecule has 0 saturated heterocycles. The van der Waals surface area contributed by atoms with Gasteiger partial charge in [0.1, 0.15) is 5.69 Å². The van der Waals surface area contributed by atoms with Crippen molar-refractivity contribution < 1.29 is 14.6 Å². The van der Waals surface area contributed by atoms with Crippen molar-refractivity contribution in [3.8, 4) is 0 Å². The largest absolute Gasteiger partial charge is 0.323 e. The monoisotopic (exact) mass is 423 g/mol. The van der Waals surface area contributed by atoms with Crippen LogP contribution in [0.5, 0.6) is 0 Å². The number of hydrogen-bond acceptors (Lipinski definition) is 9. The number of hydrazone groups is 1. The second kappa shape index (κ2) is 8.49. The topological polar surface area (TPSA) is 180 Å². The van der Waals surface area contributed by atoms with E-state index in [0.29, 0.717) is 11.2 Å². The number of non-ortho nitro benzene ring substituents is 1. The molecule has 1 amide bonds. The van der Waals surface area contributed by atoms with Crippen molar-refractivity contribution in [2.24, 2.45) is 10.9 Å². The molecule has 12 nitrogen and oxygen atoms in total. The summed E-state index contributed by atoms with van der Waals surface area (Å²) in [5, 5.41) is 28.7. The van der Waals surface area contributed by atoms with Crippen LogP contribution in [0.1, 0.15) is 22.9 Å². The predicted octanol–water partition coefficient (Wildman–Crippen LogP) is 2.43. The van der Waals surface area contributed by atoms with Crippen molar-refractivity contribution in [3.05, 3.63) is 79.6 Å². The van der Waals surface area contributed by atoms with Gasteiger partial charge in [-0.3, -0.25) is 30.0 Å². The van der Waals surface area contributed by atoms with Gasteiger partial charge in [0.05, 0.1) is 22.2 Å². The van der Waals surface area contributed by atoms with E-state index in [4.69, 9.17) is 5.84 Å². The standard InChI is InChI=1S/C19H17N7O5/c1-10-4-3-5-13(11(10)2)23-19(27)17(24-20)18(26(30)31)16-9-21-14-7-6-12(25(28)29)8-15(14)22-16/h3-9,18H,20H2,1-2H3,(H,23,27)/b24-17-/t18-/m0/s1. The summed E-state index contributed by atoms with van der Waals surface area (Å²) in [5.74, 6) is 4.46. The lowest BCUT2D eigenvalue weighted by Crippen LogP contribution is -2.34. The van der Waals surface area contributed by atoms with E-state index in [-0.39, 0.29) is 16.9 Å². The average molecular weight is 423 g/mol. The fourth-order valence-corrected chi connectivity index (χ4v) is 2.93. The Balaban J connectivity index is 2.01. The SMILES string of the molecule is Cc1cccc(NC(=O)/C(=N\N)[C@H](c2cnc3ccc([N+](=O)[O-])cc3n2)[N+](=O)[O-])c1C. The summed E-state index contributed by atoms with van der Waals surface area (Å²) in [4.78, 5) is 42.3. The molecule has 12 heteroatoms. The van der Waals surface area contributed by atoms with Crippen LogP contribution in [-0.4, -0.2) is 31.4 Å². The molecule has 2 aromatic carbocycles. The summed E-state index contributed by atoms with van der Waals surface area (Å²) in [6, 6.07) is 7.15. The second-order valence-corrected chi connectivity index (χ2v) is 6.63. The Morgan fingerprint density at radius 3 is 2.55 bits per heavy atom. The number of carbonyl (C=O) groups excluding carboxylic acids is 1. The molecule has 3 rings (SSSR count). The smallest absolute Gasteiger partial charge is 0.304 e. The van der Waals surface area contributed by atoms with Gasteiger partial charge in [0, 0.05) is 22.7 Å². The normalized spacial score (nSPS) is 12.4. The Labute approximate surface area is 175 Å². The van der Waals surface area contributed by atoms with Gasteiger partial charge in [-0.05, 0) is 37.1 Å². The molecule has 0 spiro atoms. The molecule has 1 heterocycles. The fraction of sp³-hybridized carbons (Fsp3) is 0.158. The van der Waals surface area contributed by atoms with Crippen LogP contribution in [0.15, 0.2) is 47.7 Å². The van der Waals surface area contributed by atoms with Gasteiger partial charge in [-0.15, -0.1) is 0 Å². The predicted molar refractivity (Wildman–Crippen MR) is 112 cm³/mol. The highest BCUT2D eigenvalue weighted by atomic mass is 16.6. The van der Waals surface area contributed by atoms with Gasteiger partial charge >= 0.3 is 6.04 Å². The zero-order valence-electron chi connectivity index (χ0n) is 16.5. The van der Waals surface area contributed by atoms with Gasteiger partial charge in [-0.25, -0.2) is 4.98 Å². The lowest BCUT2D eigenvalue weighted by atomic mass is 10.1. The first-order chi connectivity index (χ1) is 14.7. The highest BCUT2D eigenvalue weighted by Gasteiger charge is 2.37. The van der Waals surface area contributed by atoms with Gasteiger partial charge in [-0.1, -0.05) is 12.1 Å². The number of hydrogen-bond donors (Lipinski definition) is 2. The van der Waals surface area contributed by atoms with Crippen molar-refractivity contribution in [1.82, 2.24) is 9.97 Å². The van der Waals surface area contributed by atoms with Gasteiger partial charge < -0.3 is 11.2 Å². The molecule has 0 unspecified atom stereocenters. The molecule has 0 fully saturated rings. The number of rotatable bonds is 6. The second-order valence-electron chi connectivity index (χ2n) is 6.63. The molecule has 0 aliphatic rings. The number of nitrogens with one attached hydrogen (secondary N) is 1. The molecule has 1 atom stereocenters. The van der Waals surface area contributed by atoms with Crippen molar-refractivity contribution >= 4 is 34.0 Å². The van der Waals surface area contributed by atoms with Crippen LogP contribution in [-0.2, 0) is 4.79 Å². The van der Waals surface area contributed by atoms with Crippen LogP contribution in [0.3, 0.4) is 0 Å². The summed E-state index contributed by atoms with van der Waals surface area (Å²) in [6.45, 7) is 3.64. The maximum absolute atomic E-state index is 12.8. The molecule has 1 aromatic heterocycles. The summed E-state index contributed by atoms with van der Waals surface area (Å²) in [5.41, 5.74) is 1.42. The third kappa shape index (κ3) is 4.27. The highest BCUT2D eigenvalue weighted by Crippen LogP contribution is 2.23. The van der Waals surface area contributed by atoms with E-state index in [1.165, 1.54) is 12.1 Å². The van der Waals surface area contributed by atoms with Crippen LogP contribution >= 0.6 is 0 Å². The maximum Gasteiger partial charge on any atom is 0.304 e. The van der Waals surface area contributed by atoms with Crippen molar-refractivity contribution in [2.75, 3.05) is 5.32 Å². The number of amides is 1. The number of nitrogens with two attached hydrogens (primary N) is 1. The molecule has 158 valence electrons. The number of nitro benzene ring substituents is 1. The van der Waals surface area contributed by atoms with Crippen molar-refractivity contribution in [3.63, 3.8) is 0 Å². The number of carbonyl (C=O) groups is 1. The zero-order chi connectivity index (χ0) is 22.7. The Morgan fingerprint density at radius 2 is 1.90 bits per heavy atom. The van der Waals surface area contributed by atoms with Crippen LogP contribution in [0.2, 0.25) is 0 Å². The molecule has 0 aliphatic heterocycles. The molecular weight excluding hydrogens is 406 g/mol. The minimum Gasteiger partial charge on any atom is -0.323 e. The molecule has 0 aliphatic carbocycles. The Hall–Kier alpha value is -4.48. The number of aryl methyl sites for hydroxylation is 1. The first-order valence-corrected chi connectivity index (χ1v) is 8.93. The Morgan fingerprint density at radius 1 is 1.16 bits per heavy atom. The van der Waals surface area contributed by atoms with Crippen LogP contribution in [0.25, 0.3) is 11.0 Å². The summed E-state index contributed by atoms with van der Waals surface area (Å²) in [6.07, 6.45) is 1.11. The van der Waals surface area contributed by atoms with Gasteiger partial charge in [-0.2, -0.15) is 5.10 Å². The number of anilines is 1. The number of benzene rings is 2.